The highest BCUT2D eigenvalue weighted by Gasteiger charge is 2.33. The van der Waals surface area contributed by atoms with Gasteiger partial charge in [-0.05, 0) is 70.0 Å². The highest BCUT2D eigenvalue weighted by Crippen LogP contribution is 2.31. The lowest BCUT2D eigenvalue weighted by molar-refractivity contribution is -0.139. The molecule has 0 bridgehead atoms. The van der Waals surface area contributed by atoms with E-state index in [9.17, 15) is 14.4 Å². The van der Waals surface area contributed by atoms with Crippen molar-refractivity contribution >= 4 is 40.3 Å². The van der Waals surface area contributed by atoms with E-state index in [4.69, 9.17) is 14.5 Å². The molecule has 46 heavy (non-hydrogen) atoms. The zero-order valence-electron chi connectivity index (χ0n) is 26.5. The number of ether oxygens (including phenoxy) is 2. The molecule has 0 N–H and O–H groups in total. The Bertz CT molecular complexity index is 2180. The minimum atomic E-state index is -0.655. The zero-order chi connectivity index (χ0) is 32.5. The summed E-state index contributed by atoms with van der Waals surface area (Å²) in [6, 6.07) is 22.8. The van der Waals surface area contributed by atoms with Crippen LogP contribution in [0.2, 0.25) is 0 Å². The van der Waals surface area contributed by atoms with Gasteiger partial charge < -0.3 is 14.0 Å². The Hall–Kier alpha value is -5.02. The van der Waals surface area contributed by atoms with Gasteiger partial charge in [-0.15, -0.1) is 0 Å². The van der Waals surface area contributed by atoms with Crippen LogP contribution in [-0.2, 0) is 20.8 Å². The molecule has 0 aliphatic carbocycles. The van der Waals surface area contributed by atoms with E-state index in [1.54, 1.807) is 37.5 Å². The van der Waals surface area contributed by atoms with Crippen LogP contribution in [-0.4, -0.2) is 34.3 Å². The Morgan fingerprint density at radius 3 is 2.26 bits per heavy atom. The summed E-state index contributed by atoms with van der Waals surface area (Å²) in [5.74, 6) is -0.813. The van der Waals surface area contributed by atoms with E-state index in [2.05, 4.69) is 16.7 Å². The first-order chi connectivity index (χ1) is 22.2. The lowest BCUT2D eigenvalue weighted by atomic mass is 9.95. The van der Waals surface area contributed by atoms with Crippen molar-refractivity contribution in [2.24, 2.45) is 4.99 Å². The van der Waals surface area contributed by atoms with Crippen molar-refractivity contribution in [3.05, 3.63) is 137 Å². The Morgan fingerprint density at radius 1 is 0.891 bits per heavy atom. The maximum Gasteiger partial charge on any atom is 0.338 e. The van der Waals surface area contributed by atoms with Crippen molar-refractivity contribution in [2.45, 2.75) is 47.2 Å². The van der Waals surface area contributed by atoms with Crippen LogP contribution >= 0.6 is 11.3 Å². The number of nitrogens with zero attached hydrogens (tertiary/aromatic N) is 3. The maximum absolute atomic E-state index is 14.2. The molecule has 5 aromatic rings. The fraction of sp³-hybridized carbons (Fsp3) is 0.243. The van der Waals surface area contributed by atoms with Gasteiger partial charge in [-0.2, -0.15) is 0 Å². The van der Waals surface area contributed by atoms with Crippen LogP contribution in [0, 0.1) is 13.8 Å². The number of rotatable bonds is 8. The largest absolute Gasteiger partial charge is 0.463 e. The Kier molecular flexibility index (Phi) is 8.60. The number of carbonyl (C=O) groups excluding carboxylic acids is 2. The summed E-state index contributed by atoms with van der Waals surface area (Å²) in [6.45, 7) is 10.5. The van der Waals surface area contributed by atoms with Gasteiger partial charge in [-0.1, -0.05) is 71.5 Å². The first-order valence-corrected chi connectivity index (χ1v) is 16.1. The standard InChI is InChI=1S/C37H35N3O5S/c1-6-44-35(42)27-18-14-25(15-19-27)21-39-24(5)29(28-10-8-9-11-30(28)39)20-31-34(41)40-33(26-16-12-22(3)13-17-26)32(36(43)45-7-2)23(4)38-37(40)46-31/h8-20,33H,6-7,21H2,1-5H3/b31-20-/t33-/m0/s1. The topological polar surface area (TPSA) is 91.9 Å². The second kappa shape index (κ2) is 12.8. The molecular formula is C37H35N3O5S. The van der Waals surface area contributed by atoms with Gasteiger partial charge in [0.15, 0.2) is 4.80 Å². The van der Waals surface area contributed by atoms with Crippen molar-refractivity contribution in [1.82, 2.24) is 9.13 Å². The van der Waals surface area contributed by atoms with Gasteiger partial charge in [0, 0.05) is 28.7 Å². The molecule has 9 heteroatoms. The number of thiazole rings is 1. The smallest absolute Gasteiger partial charge is 0.338 e. The normalized spacial score (nSPS) is 14.7. The first-order valence-electron chi connectivity index (χ1n) is 15.3. The molecule has 0 fully saturated rings. The summed E-state index contributed by atoms with van der Waals surface area (Å²) in [7, 11) is 0. The van der Waals surface area contributed by atoms with E-state index in [1.165, 1.54) is 11.3 Å². The number of aromatic nitrogens is 2. The van der Waals surface area contributed by atoms with Crippen molar-refractivity contribution in [2.75, 3.05) is 13.2 Å². The molecule has 2 aromatic heterocycles. The van der Waals surface area contributed by atoms with Crippen LogP contribution in [0.5, 0.6) is 0 Å². The van der Waals surface area contributed by atoms with Gasteiger partial charge in [0.05, 0.1) is 40.6 Å². The molecule has 8 nitrogen and oxygen atoms in total. The van der Waals surface area contributed by atoms with Gasteiger partial charge in [0.1, 0.15) is 0 Å². The number of esters is 2. The molecule has 3 heterocycles. The Balaban J connectivity index is 1.47. The monoisotopic (exact) mass is 633 g/mol. The summed E-state index contributed by atoms with van der Waals surface area (Å²) in [4.78, 5) is 44.9. The summed E-state index contributed by atoms with van der Waals surface area (Å²) < 4.78 is 14.9. The van der Waals surface area contributed by atoms with E-state index in [1.807, 2.05) is 68.5 Å². The SMILES string of the molecule is CCOC(=O)C1=C(C)N=c2s/c(=C\c3c(C)n(Cc4ccc(C(=O)OCC)cc4)c4ccccc34)c(=O)n2[C@H]1c1ccc(C)cc1. The van der Waals surface area contributed by atoms with Crippen LogP contribution in [0.25, 0.3) is 17.0 Å². The fourth-order valence-electron chi connectivity index (χ4n) is 5.97. The van der Waals surface area contributed by atoms with E-state index < -0.39 is 12.0 Å². The molecule has 1 aliphatic rings. The molecule has 3 aromatic carbocycles. The van der Waals surface area contributed by atoms with Crippen molar-refractivity contribution in [1.29, 1.82) is 0 Å². The quantitative estimate of drug-likeness (QED) is 0.208. The van der Waals surface area contributed by atoms with Gasteiger partial charge >= 0.3 is 11.9 Å². The van der Waals surface area contributed by atoms with Crippen LogP contribution in [0.15, 0.2) is 93.9 Å². The molecule has 1 atom stereocenters. The van der Waals surface area contributed by atoms with Crippen LogP contribution in [0.3, 0.4) is 0 Å². The molecular weight excluding hydrogens is 598 g/mol. The highest BCUT2D eigenvalue weighted by atomic mass is 32.1. The lowest BCUT2D eigenvalue weighted by Crippen LogP contribution is -2.39. The number of benzene rings is 3. The molecule has 0 amide bonds. The third-order valence-corrected chi connectivity index (χ3v) is 9.25. The third kappa shape index (κ3) is 5.63. The fourth-order valence-corrected chi connectivity index (χ4v) is 7.00. The van der Waals surface area contributed by atoms with E-state index in [0.29, 0.717) is 39.3 Å². The van der Waals surface area contributed by atoms with Crippen LogP contribution in [0.4, 0.5) is 0 Å². The van der Waals surface area contributed by atoms with E-state index in [-0.39, 0.29) is 18.1 Å². The number of para-hydroxylation sites is 1. The molecule has 1 aliphatic heterocycles. The van der Waals surface area contributed by atoms with Gasteiger partial charge in [0.25, 0.3) is 5.56 Å². The molecule has 0 radical (unpaired) electrons. The van der Waals surface area contributed by atoms with Crippen molar-refractivity contribution < 1.29 is 19.1 Å². The summed E-state index contributed by atoms with van der Waals surface area (Å²) in [6.07, 6.45) is 1.94. The second-order valence-corrected chi connectivity index (χ2v) is 12.2. The van der Waals surface area contributed by atoms with Gasteiger partial charge in [0.2, 0.25) is 0 Å². The van der Waals surface area contributed by atoms with Crippen LogP contribution < -0.4 is 14.9 Å². The average Bonchev–Trinajstić information content (AvgIpc) is 3.49. The molecule has 0 saturated heterocycles. The minimum absolute atomic E-state index is 0.214. The number of hydrogen-bond donors (Lipinski definition) is 0. The maximum atomic E-state index is 14.2. The molecule has 0 saturated carbocycles. The molecule has 6 rings (SSSR count). The number of fused-ring (bicyclic) bond motifs is 2. The number of hydrogen-bond acceptors (Lipinski definition) is 7. The van der Waals surface area contributed by atoms with Crippen molar-refractivity contribution in [3.63, 3.8) is 0 Å². The number of allylic oxidation sites excluding steroid dienone is 1. The zero-order valence-corrected chi connectivity index (χ0v) is 27.3. The highest BCUT2D eigenvalue weighted by molar-refractivity contribution is 7.07. The number of aryl methyl sites for hydroxylation is 1. The predicted molar refractivity (Wildman–Crippen MR) is 180 cm³/mol. The average molecular weight is 634 g/mol. The van der Waals surface area contributed by atoms with Gasteiger partial charge in [-0.3, -0.25) is 9.36 Å². The van der Waals surface area contributed by atoms with Gasteiger partial charge in [-0.25, -0.2) is 14.6 Å². The Labute approximate surface area is 270 Å². The summed E-state index contributed by atoms with van der Waals surface area (Å²) in [5, 5.41) is 1.02. The van der Waals surface area contributed by atoms with Crippen LogP contribution in [0.1, 0.15) is 65.1 Å². The molecule has 0 spiro atoms. The van der Waals surface area contributed by atoms with E-state index >= 15 is 0 Å². The summed E-state index contributed by atoms with van der Waals surface area (Å²) in [5.41, 5.74) is 7.11. The third-order valence-electron chi connectivity index (χ3n) is 8.27. The summed E-state index contributed by atoms with van der Waals surface area (Å²) >= 11 is 1.32. The predicted octanol–water partition coefficient (Wildman–Crippen LogP) is 5.59. The molecule has 0 unspecified atom stereocenters. The Morgan fingerprint density at radius 2 is 1.57 bits per heavy atom. The second-order valence-electron chi connectivity index (χ2n) is 11.2. The van der Waals surface area contributed by atoms with E-state index in [0.717, 1.165) is 38.9 Å². The lowest BCUT2D eigenvalue weighted by Gasteiger charge is -2.24. The number of carbonyl (C=O) groups is 2. The minimum Gasteiger partial charge on any atom is -0.463 e. The van der Waals surface area contributed by atoms with Crippen molar-refractivity contribution in [3.8, 4) is 0 Å². The molecule has 234 valence electrons. The first kappa shape index (κ1) is 31.0.